The number of hydrogen-bond donors (Lipinski definition) is 2. The smallest absolute Gasteiger partial charge is 0.256 e. The van der Waals surface area contributed by atoms with Gasteiger partial charge in [-0.15, -0.1) is 0 Å². The number of benzene rings is 3. The summed E-state index contributed by atoms with van der Waals surface area (Å²) in [6.45, 7) is 0. The van der Waals surface area contributed by atoms with E-state index in [1.807, 2.05) is 84.9 Å². The van der Waals surface area contributed by atoms with Gasteiger partial charge in [-0.1, -0.05) is 66.7 Å². The predicted molar refractivity (Wildman–Crippen MR) is 108 cm³/mol. The average Bonchev–Trinajstić information content (AvgIpc) is 3.22. The first-order valence-corrected chi connectivity index (χ1v) is 8.76. The number of anilines is 2. The van der Waals surface area contributed by atoms with Crippen molar-refractivity contribution in [3.05, 3.63) is 95.6 Å². The molecule has 5 rings (SSSR count). The molecule has 0 fully saturated rings. The Morgan fingerprint density at radius 2 is 1.37 bits per heavy atom. The lowest BCUT2D eigenvalue weighted by atomic mass is 10.0. The lowest BCUT2D eigenvalue weighted by molar-refractivity contribution is -0.115. The van der Waals surface area contributed by atoms with Crippen LogP contribution in [0.5, 0.6) is 0 Å². The van der Waals surface area contributed by atoms with Gasteiger partial charge in [-0.05, 0) is 29.3 Å². The predicted octanol–water partition coefficient (Wildman–Crippen LogP) is 4.36. The highest BCUT2D eigenvalue weighted by Crippen LogP contribution is 2.32. The van der Waals surface area contributed by atoms with Crippen molar-refractivity contribution in [1.82, 2.24) is 0 Å². The number of fused-ring (bicyclic) bond motifs is 2. The van der Waals surface area contributed by atoms with Gasteiger partial charge >= 0.3 is 0 Å². The van der Waals surface area contributed by atoms with E-state index in [2.05, 4.69) is 10.6 Å². The molecule has 2 amide bonds. The number of hydrogen-bond acceptors (Lipinski definition) is 2. The lowest BCUT2D eigenvalue weighted by Crippen LogP contribution is -2.03. The van der Waals surface area contributed by atoms with Crippen LogP contribution in [0.4, 0.5) is 11.4 Å². The highest BCUT2D eigenvalue weighted by atomic mass is 16.2. The van der Waals surface area contributed by atoms with Crippen molar-refractivity contribution in [3.8, 4) is 0 Å². The fourth-order valence-electron chi connectivity index (χ4n) is 3.16. The molecule has 0 saturated carbocycles. The molecule has 0 unspecified atom stereocenters. The van der Waals surface area contributed by atoms with E-state index >= 15 is 0 Å². The highest BCUT2D eigenvalue weighted by molar-refractivity contribution is 6.34. The largest absolute Gasteiger partial charge is 0.326 e. The van der Waals surface area contributed by atoms with Gasteiger partial charge in [0, 0.05) is 22.5 Å². The Morgan fingerprint density at radius 1 is 0.704 bits per heavy atom. The summed E-state index contributed by atoms with van der Waals surface area (Å²) in [6, 6.07) is 25.4. The number of para-hydroxylation sites is 2. The van der Waals surface area contributed by atoms with E-state index in [4.69, 9.17) is 0 Å². The minimum absolute atomic E-state index is 0.0324. The van der Waals surface area contributed by atoms with Crippen molar-refractivity contribution < 1.29 is 9.59 Å². The summed E-state index contributed by atoms with van der Waals surface area (Å²) in [5.74, 6) is 0.0660. The Bertz CT molecular complexity index is 1010. The Morgan fingerprint density at radius 3 is 2.15 bits per heavy atom. The topological polar surface area (TPSA) is 58.2 Å². The molecule has 3 aromatic carbocycles. The summed E-state index contributed by atoms with van der Waals surface area (Å²) < 4.78 is 0. The first-order chi connectivity index (χ1) is 13.2. The van der Waals surface area contributed by atoms with Gasteiger partial charge < -0.3 is 10.6 Å². The molecule has 4 heteroatoms. The van der Waals surface area contributed by atoms with Crippen LogP contribution in [0.15, 0.2) is 78.9 Å². The molecular formula is C23H18N2O2. The standard InChI is InChI=1S/C15H11NO.C8H7NO/c17-15-13(10-11-6-2-1-3-7-11)12-8-4-5-9-14(12)16-15;10-8-5-6-3-1-2-4-7(6)9-8/h1-10H,(H,16,17);1-4H,5H2,(H,9,10)/b13-10-;. The van der Waals surface area contributed by atoms with Crippen LogP contribution in [0, 0.1) is 0 Å². The maximum absolute atomic E-state index is 11.9. The molecule has 0 spiro atoms. The van der Waals surface area contributed by atoms with E-state index in [0.717, 1.165) is 33.6 Å². The van der Waals surface area contributed by atoms with Gasteiger partial charge in [0.25, 0.3) is 5.91 Å². The van der Waals surface area contributed by atoms with Crippen molar-refractivity contribution >= 4 is 34.8 Å². The van der Waals surface area contributed by atoms with Crippen LogP contribution in [0.3, 0.4) is 0 Å². The second-order valence-corrected chi connectivity index (χ2v) is 6.35. The molecule has 27 heavy (non-hydrogen) atoms. The molecule has 0 saturated heterocycles. The third kappa shape index (κ3) is 3.65. The van der Waals surface area contributed by atoms with Crippen LogP contribution >= 0.6 is 0 Å². The molecule has 0 radical (unpaired) electrons. The SMILES string of the molecule is O=C1Cc2ccccc2N1.O=C1Nc2ccccc2/C1=C/c1ccccc1. The minimum Gasteiger partial charge on any atom is -0.326 e. The quantitative estimate of drug-likeness (QED) is 0.638. The summed E-state index contributed by atoms with van der Waals surface area (Å²) in [7, 11) is 0. The number of nitrogens with one attached hydrogen (secondary N) is 2. The van der Waals surface area contributed by atoms with Gasteiger partial charge in [0.1, 0.15) is 0 Å². The Hall–Kier alpha value is -3.66. The van der Waals surface area contributed by atoms with Crippen LogP contribution in [0.2, 0.25) is 0 Å². The zero-order valence-corrected chi connectivity index (χ0v) is 14.6. The van der Waals surface area contributed by atoms with Gasteiger partial charge in [0.2, 0.25) is 5.91 Å². The molecule has 2 heterocycles. The van der Waals surface area contributed by atoms with Gasteiger partial charge in [0.15, 0.2) is 0 Å². The summed E-state index contributed by atoms with van der Waals surface area (Å²) in [4.78, 5) is 22.6. The number of rotatable bonds is 1. The molecule has 0 aliphatic carbocycles. The number of carbonyl (C=O) groups is 2. The van der Waals surface area contributed by atoms with Crippen molar-refractivity contribution in [1.29, 1.82) is 0 Å². The van der Waals surface area contributed by atoms with Crippen LogP contribution in [0.1, 0.15) is 16.7 Å². The molecule has 2 N–H and O–H groups in total. The monoisotopic (exact) mass is 354 g/mol. The van der Waals surface area contributed by atoms with Crippen molar-refractivity contribution in [2.75, 3.05) is 10.6 Å². The Labute approximate surface area is 157 Å². The molecule has 4 nitrogen and oxygen atoms in total. The molecule has 0 bridgehead atoms. The molecule has 0 aromatic heterocycles. The van der Waals surface area contributed by atoms with Gasteiger partial charge in [-0.25, -0.2) is 0 Å². The van der Waals surface area contributed by atoms with Gasteiger partial charge in [-0.3, -0.25) is 9.59 Å². The molecule has 2 aliphatic rings. The van der Waals surface area contributed by atoms with E-state index in [0.29, 0.717) is 6.42 Å². The second-order valence-electron chi connectivity index (χ2n) is 6.35. The van der Waals surface area contributed by atoms with Crippen LogP contribution in [0.25, 0.3) is 11.6 Å². The normalized spacial score (nSPS) is 15.3. The first-order valence-electron chi connectivity index (χ1n) is 8.76. The molecule has 3 aromatic rings. The van der Waals surface area contributed by atoms with Crippen LogP contribution in [-0.4, -0.2) is 11.8 Å². The number of amides is 2. The van der Waals surface area contributed by atoms with E-state index in [9.17, 15) is 9.59 Å². The van der Waals surface area contributed by atoms with E-state index in [1.165, 1.54) is 0 Å². The van der Waals surface area contributed by atoms with Crippen molar-refractivity contribution in [3.63, 3.8) is 0 Å². The summed E-state index contributed by atoms with van der Waals surface area (Å²) in [5, 5.41) is 5.62. The van der Waals surface area contributed by atoms with E-state index < -0.39 is 0 Å². The second kappa shape index (κ2) is 7.30. The minimum atomic E-state index is -0.0324. The molecule has 0 atom stereocenters. The van der Waals surface area contributed by atoms with Gasteiger partial charge in [0.05, 0.1) is 6.42 Å². The third-order valence-corrected chi connectivity index (χ3v) is 4.46. The van der Waals surface area contributed by atoms with Crippen LogP contribution in [-0.2, 0) is 16.0 Å². The molecular weight excluding hydrogens is 336 g/mol. The maximum Gasteiger partial charge on any atom is 0.256 e. The average molecular weight is 354 g/mol. The Kier molecular flexibility index (Phi) is 4.54. The molecule has 132 valence electrons. The summed E-state index contributed by atoms with van der Waals surface area (Å²) >= 11 is 0. The van der Waals surface area contributed by atoms with Gasteiger partial charge in [-0.2, -0.15) is 0 Å². The van der Waals surface area contributed by atoms with E-state index in [1.54, 1.807) is 0 Å². The maximum atomic E-state index is 11.9. The van der Waals surface area contributed by atoms with Crippen molar-refractivity contribution in [2.45, 2.75) is 6.42 Å². The zero-order valence-electron chi connectivity index (χ0n) is 14.6. The fraction of sp³-hybridized carbons (Fsp3) is 0.0435. The van der Waals surface area contributed by atoms with E-state index in [-0.39, 0.29) is 11.8 Å². The lowest BCUT2D eigenvalue weighted by Gasteiger charge is -1.97. The first kappa shape index (κ1) is 16.8. The highest BCUT2D eigenvalue weighted by Gasteiger charge is 2.22. The third-order valence-electron chi connectivity index (χ3n) is 4.46. The Balaban J connectivity index is 0.000000153. The van der Waals surface area contributed by atoms with Crippen molar-refractivity contribution in [2.24, 2.45) is 0 Å². The van der Waals surface area contributed by atoms with Crippen LogP contribution < -0.4 is 10.6 Å². The zero-order chi connectivity index (χ0) is 18.6. The number of carbonyl (C=O) groups excluding carboxylic acids is 2. The molecule has 2 aliphatic heterocycles. The fourth-order valence-corrected chi connectivity index (χ4v) is 3.16. The summed E-state index contributed by atoms with van der Waals surface area (Å²) in [6.07, 6.45) is 2.46. The summed E-state index contributed by atoms with van der Waals surface area (Å²) in [5.41, 5.74) is 5.70.